The molecule has 0 unspecified atom stereocenters. The number of methoxy groups -OCH3 is 1. The first kappa shape index (κ1) is 22.9. The van der Waals surface area contributed by atoms with Gasteiger partial charge in [-0.2, -0.15) is 0 Å². The van der Waals surface area contributed by atoms with E-state index in [1.54, 1.807) is 24.1 Å². The van der Waals surface area contributed by atoms with Crippen molar-refractivity contribution in [2.75, 3.05) is 31.0 Å². The van der Waals surface area contributed by atoms with E-state index in [4.69, 9.17) is 4.74 Å². The van der Waals surface area contributed by atoms with Gasteiger partial charge in [-0.25, -0.2) is 0 Å². The standard InChI is InChI=1S/C26H29N3O3/c1-19(30)27-17-20-5-9-22(10-6-20)26(31)29(24-13-15-25(32-4)16-14-24)18-21-7-11-23(12-8-21)28(2)3/h5-16H,17-18H2,1-4H3,(H,27,30). The molecule has 0 fully saturated rings. The quantitative estimate of drug-likeness (QED) is 0.579. The Kier molecular flexibility index (Phi) is 7.49. The van der Waals surface area contributed by atoms with Crippen molar-refractivity contribution >= 4 is 23.2 Å². The van der Waals surface area contributed by atoms with Crippen molar-refractivity contribution in [3.63, 3.8) is 0 Å². The summed E-state index contributed by atoms with van der Waals surface area (Å²) in [6.07, 6.45) is 0. The van der Waals surface area contributed by atoms with Crippen LogP contribution in [0.2, 0.25) is 0 Å². The Bertz CT molecular complexity index is 1040. The Morgan fingerprint density at radius 1 is 0.812 bits per heavy atom. The molecule has 2 amide bonds. The summed E-state index contributed by atoms with van der Waals surface area (Å²) in [5.41, 5.74) is 4.44. The molecule has 0 saturated carbocycles. The van der Waals surface area contributed by atoms with E-state index in [0.717, 1.165) is 28.3 Å². The lowest BCUT2D eigenvalue weighted by molar-refractivity contribution is -0.119. The van der Waals surface area contributed by atoms with Gasteiger partial charge in [-0.3, -0.25) is 9.59 Å². The monoisotopic (exact) mass is 431 g/mol. The van der Waals surface area contributed by atoms with Crippen molar-refractivity contribution in [1.82, 2.24) is 5.32 Å². The summed E-state index contributed by atoms with van der Waals surface area (Å²) in [6.45, 7) is 2.35. The molecule has 32 heavy (non-hydrogen) atoms. The lowest BCUT2D eigenvalue weighted by Gasteiger charge is -2.24. The molecule has 0 aliphatic carbocycles. The Balaban J connectivity index is 1.86. The number of carbonyl (C=O) groups excluding carboxylic acids is 2. The maximum atomic E-state index is 13.5. The predicted molar refractivity (Wildman–Crippen MR) is 128 cm³/mol. The maximum absolute atomic E-state index is 13.5. The molecule has 0 spiro atoms. The zero-order valence-corrected chi connectivity index (χ0v) is 19.0. The van der Waals surface area contributed by atoms with Gasteiger partial charge in [0.25, 0.3) is 5.91 Å². The van der Waals surface area contributed by atoms with Crippen molar-refractivity contribution in [1.29, 1.82) is 0 Å². The molecule has 166 valence electrons. The van der Waals surface area contributed by atoms with Crippen LogP contribution in [0.1, 0.15) is 28.4 Å². The smallest absolute Gasteiger partial charge is 0.258 e. The second-order valence-corrected chi connectivity index (χ2v) is 7.76. The van der Waals surface area contributed by atoms with E-state index in [1.165, 1.54) is 6.92 Å². The maximum Gasteiger partial charge on any atom is 0.258 e. The third-order valence-corrected chi connectivity index (χ3v) is 5.17. The first-order chi connectivity index (χ1) is 15.4. The van der Waals surface area contributed by atoms with Gasteiger partial charge in [0, 0.05) is 44.5 Å². The molecule has 0 aromatic heterocycles. The Morgan fingerprint density at radius 3 is 1.91 bits per heavy atom. The molecule has 3 aromatic carbocycles. The van der Waals surface area contributed by atoms with E-state index in [9.17, 15) is 9.59 Å². The highest BCUT2D eigenvalue weighted by Crippen LogP contribution is 2.24. The molecule has 6 nitrogen and oxygen atoms in total. The van der Waals surface area contributed by atoms with Crippen LogP contribution in [0, 0.1) is 0 Å². The topological polar surface area (TPSA) is 61.9 Å². The molecule has 0 bridgehead atoms. The van der Waals surface area contributed by atoms with E-state index in [0.29, 0.717) is 18.7 Å². The van der Waals surface area contributed by atoms with Crippen LogP contribution in [0.5, 0.6) is 5.75 Å². The summed E-state index contributed by atoms with van der Waals surface area (Å²) in [7, 11) is 5.61. The second-order valence-electron chi connectivity index (χ2n) is 7.76. The molecule has 0 saturated heterocycles. The zero-order chi connectivity index (χ0) is 23.1. The largest absolute Gasteiger partial charge is 0.497 e. The molecule has 6 heteroatoms. The highest BCUT2D eigenvalue weighted by Gasteiger charge is 2.19. The van der Waals surface area contributed by atoms with E-state index < -0.39 is 0 Å². The number of hydrogen-bond donors (Lipinski definition) is 1. The first-order valence-electron chi connectivity index (χ1n) is 10.4. The highest BCUT2D eigenvalue weighted by molar-refractivity contribution is 6.06. The summed E-state index contributed by atoms with van der Waals surface area (Å²) >= 11 is 0. The Morgan fingerprint density at radius 2 is 1.38 bits per heavy atom. The van der Waals surface area contributed by atoms with E-state index in [2.05, 4.69) is 5.32 Å². The number of ether oxygens (including phenoxy) is 1. The average molecular weight is 432 g/mol. The normalized spacial score (nSPS) is 10.4. The fraction of sp³-hybridized carbons (Fsp3) is 0.231. The molecule has 0 aliphatic heterocycles. The molecule has 0 radical (unpaired) electrons. The van der Waals surface area contributed by atoms with Crippen LogP contribution in [0.4, 0.5) is 11.4 Å². The number of amides is 2. The molecule has 0 atom stereocenters. The molecular weight excluding hydrogens is 402 g/mol. The van der Waals surface area contributed by atoms with Gasteiger partial charge < -0.3 is 19.9 Å². The van der Waals surface area contributed by atoms with Gasteiger partial charge in [-0.05, 0) is 59.7 Å². The number of nitrogens with zero attached hydrogens (tertiary/aromatic N) is 2. The van der Waals surface area contributed by atoms with Crippen molar-refractivity contribution in [2.24, 2.45) is 0 Å². The molecule has 1 N–H and O–H groups in total. The molecular formula is C26H29N3O3. The number of carbonyl (C=O) groups is 2. The summed E-state index contributed by atoms with van der Waals surface area (Å²) in [5, 5.41) is 2.77. The zero-order valence-electron chi connectivity index (χ0n) is 19.0. The van der Waals surface area contributed by atoms with Gasteiger partial charge >= 0.3 is 0 Å². The highest BCUT2D eigenvalue weighted by atomic mass is 16.5. The predicted octanol–water partition coefficient (Wildman–Crippen LogP) is 4.24. The SMILES string of the molecule is COc1ccc(N(Cc2ccc(N(C)C)cc2)C(=O)c2ccc(CNC(C)=O)cc2)cc1. The number of nitrogens with one attached hydrogen (secondary N) is 1. The first-order valence-corrected chi connectivity index (χ1v) is 10.4. The Hall–Kier alpha value is -3.80. The van der Waals surface area contributed by atoms with E-state index in [1.807, 2.05) is 79.7 Å². The van der Waals surface area contributed by atoms with Crippen LogP contribution >= 0.6 is 0 Å². The molecule has 0 aliphatic rings. The van der Waals surface area contributed by atoms with Crippen molar-refractivity contribution in [3.05, 3.63) is 89.5 Å². The molecule has 3 aromatic rings. The lowest BCUT2D eigenvalue weighted by Crippen LogP contribution is -2.30. The number of anilines is 2. The minimum Gasteiger partial charge on any atom is -0.497 e. The van der Waals surface area contributed by atoms with Crippen LogP contribution in [-0.4, -0.2) is 33.0 Å². The van der Waals surface area contributed by atoms with Gasteiger partial charge in [0.15, 0.2) is 0 Å². The van der Waals surface area contributed by atoms with Crippen LogP contribution in [-0.2, 0) is 17.9 Å². The minimum absolute atomic E-state index is 0.0869. The third kappa shape index (κ3) is 5.88. The second kappa shape index (κ2) is 10.5. The molecule has 0 heterocycles. The fourth-order valence-electron chi connectivity index (χ4n) is 3.27. The molecule has 3 rings (SSSR count). The summed E-state index contributed by atoms with van der Waals surface area (Å²) in [6, 6.07) is 22.9. The Labute approximate surface area is 189 Å². The van der Waals surface area contributed by atoms with Crippen molar-refractivity contribution < 1.29 is 14.3 Å². The third-order valence-electron chi connectivity index (χ3n) is 5.17. The van der Waals surface area contributed by atoms with Crippen LogP contribution in [0.3, 0.4) is 0 Å². The lowest BCUT2D eigenvalue weighted by atomic mass is 10.1. The van der Waals surface area contributed by atoms with Gasteiger partial charge in [0.05, 0.1) is 13.7 Å². The summed E-state index contributed by atoms with van der Waals surface area (Å²) in [4.78, 5) is 28.4. The van der Waals surface area contributed by atoms with Gasteiger partial charge in [0.2, 0.25) is 5.91 Å². The van der Waals surface area contributed by atoms with Crippen LogP contribution in [0.15, 0.2) is 72.8 Å². The van der Waals surface area contributed by atoms with Crippen molar-refractivity contribution in [2.45, 2.75) is 20.0 Å². The van der Waals surface area contributed by atoms with Gasteiger partial charge in [-0.15, -0.1) is 0 Å². The number of rotatable bonds is 8. The van der Waals surface area contributed by atoms with Gasteiger partial charge in [0.1, 0.15) is 5.75 Å². The number of benzene rings is 3. The summed E-state index contributed by atoms with van der Waals surface area (Å²) in [5.74, 6) is 0.549. The summed E-state index contributed by atoms with van der Waals surface area (Å²) < 4.78 is 5.26. The average Bonchev–Trinajstić information content (AvgIpc) is 2.81. The number of hydrogen-bond acceptors (Lipinski definition) is 4. The fourth-order valence-corrected chi connectivity index (χ4v) is 3.27. The minimum atomic E-state index is -0.0991. The van der Waals surface area contributed by atoms with Gasteiger partial charge in [-0.1, -0.05) is 24.3 Å². The van der Waals surface area contributed by atoms with E-state index >= 15 is 0 Å². The van der Waals surface area contributed by atoms with Crippen LogP contribution in [0.25, 0.3) is 0 Å². The van der Waals surface area contributed by atoms with Crippen LogP contribution < -0.4 is 19.9 Å². The van der Waals surface area contributed by atoms with Crippen molar-refractivity contribution in [3.8, 4) is 5.75 Å². The van der Waals surface area contributed by atoms with E-state index in [-0.39, 0.29) is 11.8 Å².